The van der Waals surface area contributed by atoms with Gasteiger partial charge in [-0.1, -0.05) is 6.07 Å². The zero-order valence-corrected chi connectivity index (χ0v) is 13.3. The van der Waals surface area contributed by atoms with E-state index < -0.39 is 0 Å². The Labute approximate surface area is 132 Å². The van der Waals surface area contributed by atoms with E-state index in [0.717, 1.165) is 29.0 Å². The van der Waals surface area contributed by atoms with Crippen LogP contribution in [0.15, 0.2) is 18.2 Å². The summed E-state index contributed by atoms with van der Waals surface area (Å²) in [6.07, 6.45) is 8.65. The van der Waals surface area contributed by atoms with Crippen molar-refractivity contribution in [3.05, 3.63) is 23.8 Å². The van der Waals surface area contributed by atoms with Crippen LogP contribution in [0.5, 0.6) is 5.75 Å². The van der Waals surface area contributed by atoms with Gasteiger partial charge in [0.15, 0.2) is 0 Å². The standard InChI is InChI=1S/C19H25NO2/c1-12-2-3-16(21)7-17(12)20-18(22)11-19-8-13-4-14(9-19)6-15(5-13)10-19/h2-3,7,13-15,21H,4-6,8-11H2,1H3,(H,20,22). The van der Waals surface area contributed by atoms with Crippen molar-refractivity contribution in [2.75, 3.05) is 5.32 Å². The summed E-state index contributed by atoms with van der Waals surface area (Å²) >= 11 is 0. The first-order chi connectivity index (χ1) is 10.5. The van der Waals surface area contributed by atoms with E-state index in [-0.39, 0.29) is 17.1 Å². The molecular formula is C19H25NO2. The quantitative estimate of drug-likeness (QED) is 0.876. The van der Waals surface area contributed by atoms with Gasteiger partial charge in [-0.3, -0.25) is 4.79 Å². The van der Waals surface area contributed by atoms with E-state index in [1.165, 1.54) is 38.5 Å². The fraction of sp³-hybridized carbons (Fsp3) is 0.632. The molecule has 0 unspecified atom stereocenters. The number of benzene rings is 1. The number of anilines is 1. The minimum Gasteiger partial charge on any atom is -0.508 e. The molecule has 3 nitrogen and oxygen atoms in total. The lowest BCUT2D eigenvalue weighted by molar-refractivity contribution is -0.124. The molecule has 4 aliphatic carbocycles. The number of phenolic OH excluding ortho intramolecular Hbond substituents is 1. The Morgan fingerprint density at radius 3 is 2.36 bits per heavy atom. The van der Waals surface area contributed by atoms with Crippen LogP contribution in [0.2, 0.25) is 0 Å². The van der Waals surface area contributed by atoms with Gasteiger partial charge >= 0.3 is 0 Å². The van der Waals surface area contributed by atoms with Gasteiger partial charge in [0.1, 0.15) is 5.75 Å². The molecule has 4 fully saturated rings. The number of rotatable bonds is 3. The molecule has 2 N–H and O–H groups in total. The average molecular weight is 299 g/mol. The third kappa shape index (κ3) is 2.51. The second-order valence-electron chi connectivity index (χ2n) is 8.14. The molecule has 1 aromatic carbocycles. The van der Waals surface area contributed by atoms with Crippen LogP contribution in [-0.2, 0) is 4.79 Å². The smallest absolute Gasteiger partial charge is 0.224 e. The molecule has 0 spiro atoms. The summed E-state index contributed by atoms with van der Waals surface area (Å²) < 4.78 is 0. The van der Waals surface area contributed by atoms with Crippen molar-refractivity contribution in [3.8, 4) is 5.75 Å². The number of carbonyl (C=O) groups excluding carboxylic acids is 1. The number of nitrogens with one attached hydrogen (secondary N) is 1. The van der Waals surface area contributed by atoms with Gasteiger partial charge < -0.3 is 10.4 Å². The van der Waals surface area contributed by atoms with Crippen LogP contribution in [0.1, 0.15) is 50.5 Å². The Balaban J connectivity index is 1.47. The van der Waals surface area contributed by atoms with Crippen molar-refractivity contribution in [1.82, 2.24) is 0 Å². The molecule has 1 aromatic rings. The molecule has 0 saturated heterocycles. The highest BCUT2D eigenvalue weighted by Crippen LogP contribution is 2.61. The molecule has 5 rings (SSSR count). The van der Waals surface area contributed by atoms with E-state index in [9.17, 15) is 9.90 Å². The number of amides is 1. The van der Waals surface area contributed by atoms with Crippen LogP contribution in [-0.4, -0.2) is 11.0 Å². The fourth-order valence-electron chi connectivity index (χ4n) is 5.79. The molecule has 22 heavy (non-hydrogen) atoms. The van der Waals surface area contributed by atoms with Gasteiger partial charge in [0.05, 0.1) is 0 Å². The second kappa shape index (κ2) is 5.00. The molecule has 1 amide bonds. The van der Waals surface area contributed by atoms with Gasteiger partial charge in [-0.05, 0) is 80.2 Å². The first kappa shape index (κ1) is 14.1. The highest BCUT2D eigenvalue weighted by atomic mass is 16.3. The van der Waals surface area contributed by atoms with Crippen molar-refractivity contribution >= 4 is 11.6 Å². The van der Waals surface area contributed by atoms with Crippen LogP contribution < -0.4 is 5.32 Å². The van der Waals surface area contributed by atoms with E-state index in [0.29, 0.717) is 6.42 Å². The van der Waals surface area contributed by atoms with Crippen molar-refractivity contribution in [2.45, 2.75) is 51.9 Å². The van der Waals surface area contributed by atoms with Crippen LogP contribution in [0, 0.1) is 30.1 Å². The predicted octanol–water partition coefficient (Wildman–Crippen LogP) is 4.25. The van der Waals surface area contributed by atoms with Crippen molar-refractivity contribution in [3.63, 3.8) is 0 Å². The maximum Gasteiger partial charge on any atom is 0.224 e. The van der Waals surface area contributed by atoms with Crippen LogP contribution in [0.25, 0.3) is 0 Å². The third-order valence-electron chi connectivity index (χ3n) is 6.20. The monoisotopic (exact) mass is 299 g/mol. The van der Waals surface area contributed by atoms with E-state index in [1.807, 2.05) is 13.0 Å². The predicted molar refractivity (Wildman–Crippen MR) is 86.7 cm³/mol. The third-order valence-corrected chi connectivity index (χ3v) is 6.20. The summed E-state index contributed by atoms with van der Waals surface area (Å²) in [5.41, 5.74) is 2.01. The van der Waals surface area contributed by atoms with Gasteiger partial charge in [0.25, 0.3) is 0 Å². The lowest BCUT2D eigenvalue weighted by Crippen LogP contribution is -2.47. The molecular weight excluding hydrogens is 274 g/mol. The van der Waals surface area contributed by atoms with Crippen molar-refractivity contribution < 1.29 is 9.90 Å². The number of hydrogen-bond donors (Lipinski definition) is 2. The second-order valence-corrected chi connectivity index (χ2v) is 8.14. The zero-order valence-electron chi connectivity index (χ0n) is 13.3. The molecule has 3 heteroatoms. The lowest BCUT2D eigenvalue weighted by atomic mass is 9.49. The van der Waals surface area contributed by atoms with Gasteiger partial charge in [-0.2, -0.15) is 0 Å². The van der Waals surface area contributed by atoms with Gasteiger partial charge in [-0.15, -0.1) is 0 Å². The number of phenols is 1. The van der Waals surface area contributed by atoms with E-state index >= 15 is 0 Å². The number of carbonyl (C=O) groups is 1. The first-order valence-corrected chi connectivity index (χ1v) is 8.61. The highest BCUT2D eigenvalue weighted by Gasteiger charge is 2.51. The van der Waals surface area contributed by atoms with E-state index in [4.69, 9.17) is 0 Å². The maximum atomic E-state index is 12.6. The Hall–Kier alpha value is -1.51. The highest BCUT2D eigenvalue weighted by molar-refractivity contribution is 5.92. The number of hydrogen-bond acceptors (Lipinski definition) is 2. The minimum atomic E-state index is 0.121. The van der Waals surface area contributed by atoms with Crippen LogP contribution in [0.4, 0.5) is 5.69 Å². The van der Waals surface area contributed by atoms with Crippen LogP contribution in [0.3, 0.4) is 0 Å². The SMILES string of the molecule is Cc1ccc(O)cc1NC(=O)CC12CC3CC(CC(C3)C1)C2. The molecule has 0 aliphatic heterocycles. The minimum absolute atomic E-state index is 0.121. The Bertz CT molecular complexity index is 572. The Kier molecular flexibility index (Phi) is 3.21. The molecule has 118 valence electrons. The molecule has 0 aromatic heterocycles. The number of aromatic hydroxyl groups is 1. The summed E-state index contributed by atoms with van der Waals surface area (Å²) in [5, 5.41) is 12.6. The zero-order chi connectivity index (χ0) is 15.3. The van der Waals surface area contributed by atoms with E-state index in [2.05, 4.69) is 5.32 Å². The van der Waals surface area contributed by atoms with Gasteiger partial charge in [0.2, 0.25) is 5.91 Å². The van der Waals surface area contributed by atoms with Gasteiger partial charge in [0, 0.05) is 18.2 Å². The molecule has 0 atom stereocenters. The molecule has 0 heterocycles. The molecule has 4 aliphatic rings. The van der Waals surface area contributed by atoms with Crippen molar-refractivity contribution in [1.29, 1.82) is 0 Å². The van der Waals surface area contributed by atoms with E-state index in [1.54, 1.807) is 12.1 Å². The Morgan fingerprint density at radius 2 is 1.77 bits per heavy atom. The summed E-state index contributed by atoms with van der Waals surface area (Å²) in [6.45, 7) is 1.96. The topological polar surface area (TPSA) is 49.3 Å². The average Bonchev–Trinajstić information content (AvgIpc) is 2.40. The number of aryl methyl sites for hydroxylation is 1. The fourth-order valence-corrected chi connectivity index (χ4v) is 5.79. The first-order valence-electron chi connectivity index (χ1n) is 8.61. The lowest BCUT2D eigenvalue weighted by Gasteiger charge is -2.56. The molecule has 4 bridgehead atoms. The van der Waals surface area contributed by atoms with Crippen molar-refractivity contribution in [2.24, 2.45) is 23.2 Å². The summed E-state index contributed by atoms with van der Waals surface area (Å²) in [6, 6.07) is 5.15. The summed E-state index contributed by atoms with van der Waals surface area (Å²) in [5.74, 6) is 2.95. The van der Waals surface area contributed by atoms with Crippen LogP contribution >= 0.6 is 0 Å². The molecule has 0 radical (unpaired) electrons. The largest absolute Gasteiger partial charge is 0.508 e. The Morgan fingerprint density at radius 1 is 1.18 bits per heavy atom. The summed E-state index contributed by atoms with van der Waals surface area (Å²) in [7, 11) is 0. The maximum absolute atomic E-state index is 12.6. The molecule has 4 saturated carbocycles. The van der Waals surface area contributed by atoms with Gasteiger partial charge in [-0.25, -0.2) is 0 Å². The normalized spacial score (nSPS) is 35.6. The summed E-state index contributed by atoms with van der Waals surface area (Å²) in [4.78, 5) is 12.6.